The number of carbonyl (C=O) groups is 1. The lowest BCUT2D eigenvalue weighted by Crippen LogP contribution is -2.23. The molecule has 24 heavy (non-hydrogen) atoms. The number of hydrogen-bond donors (Lipinski definition) is 0. The molecule has 0 N–H and O–H groups in total. The van der Waals surface area contributed by atoms with Gasteiger partial charge in [-0.25, -0.2) is 8.42 Å². The van der Waals surface area contributed by atoms with Gasteiger partial charge in [0.1, 0.15) is 0 Å². The highest BCUT2D eigenvalue weighted by Crippen LogP contribution is 2.26. The van der Waals surface area contributed by atoms with Gasteiger partial charge in [0.2, 0.25) is 0 Å². The van der Waals surface area contributed by atoms with Crippen LogP contribution >= 0.6 is 0 Å². The van der Waals surface area contributed by atoms with Crippen molar-refractivity contribution >= 4 is 15.8 Å². The molecular formula is C16H21F3O4S. The quantitative estimate of drug-likeness (QED) is 0.536. The van der Waals surface area contributed by atoms with E-state index in [4.69, 9.17) is 0 Å². The molecule has 0 aromatic carbocycles. The van der Waals surface area contributed by atoms with Crippen LogP contribution in [0, 0.1) is 17.8 Å². The Hall–Kier alpha value is -1.49. The van der Waals surface area contributed by atoms with E-state index in [0.29, 0.717) is 25.7 Å². The van der Waals surface area contributed by atoms with Crippen molar-refractivity contribution in [2.24, 2.45) is 5.92 Å². The zero-order valence-electron chi connectivity index (χ0n) is 13.5. The minimum Gasteiger partial charge on any atom is -0.469 e. The summed E-state index contributed by atoms with van der Waals surface area (Å²) in [6.45, 7) is 0. The molecule has 0 saturated carbocycles. The van der Waals surface area contributed by atoms with Crippen molar-refractivity contribution in [3.05, 3.63) is 11.6 Å². The molecular weight excluding hydrogens is 345 g/mol. The maximum Gasteiger partial charge on any atom is 0.390 e. The number of carbonyl (C=O) groups excluding carboxylic acids is 1. The molecule has 0 heterocycles. The SMILES string of the molecule is COC(=O)CCC#CC1=CCC(CS(=O)(=O)CCC(F)(F)F)CC1. The van der Waals surface area contributed by atoms with E-state index >= 15 is 0 Å². The monoisotopic (exact) mass is 366 g/mol. The first-order valence-electron chi connectivity index (χ1n) is 7.63. The van der Waals surface area contributed by atoms with Gasteiger partial charge < -0.3 is 4.74 Å². The molecule has 0 saturated heterocycles. The minimum atomic E-state index is -4.45. The maximum absolute atomic E-state index is 12.1. The molecule has 1 rings (SSSR count). The summed E-state index contributed by atoms with van der Waals surface area (Å²) in [5, 5.41) is 0. The highest BCUT2D eigenvalue weighted by molar-refractivity contribution is 7.91. The molecule has 0 bridgehead atoms. The lowest BCUT2D eigenvalue weighted by Gasteiger charge is -2.20. The molecule has 0 aliphatic heterocycles. The van der Waals surface area contributed by atoms with E-state index in [1.165, 1.54) is 7.11 Å². The molecule has 4 nitrogen and oxygen atoms in total. The molecule has 0 aromatic rings. The lowest BCUT2D eigenvalue weighted by molar-refractivity contribution is -0.140. The topological polar surface area (TPSA) is 60.4 Å². The molecule has 0 radical (unpaired) electrons. The first-order valence-corrected chi connectivity index (χ1v) is 9.45. The molecule has 0 aromatic heterocycles. The van der Waals surface area contributed by atoms with Crippen LogP contribution in [-0.4, -0.2) is 39.2 Å². The lowest BCUT2D eigenvalue weighted by atomic mass is 9.91. The molecule has 0 fully saturated rings. The van der Waals surface area contributed by atoms with E-state index in [-0.39, 0.29) is 24.1 Å². The van der Waals surface area contributed by atoms with Crippen molar-refractivity contribution in [2.75, 3.05) is 18.6 Å². The van der Waals surface area contributed by atoms with Crippen molar-refractivity contribution in [2.45, 2.75) is 44.7 Å². The third kappa shape index (κ3) is 8.96. The summed E-state index contributed by atoms with van der Waals surface area (Å²) in [5.41, 5.74) is 0.879. The van der Waals surface area contributed by atoms with Crippen LogP contribution in [0.15, 0.2) is 11.6 Å². The summed E-state index contributed by atoms with van der Waals surface area (Å²) in [7, 11) is -2.39. The van der Waals surface area contributed by atoms with Crippen LogP contribution in [-0.2, 0) is 19.4 Å². The molecule has 0 amide bonds. The van der Waals surface area contributed by atoms with Crippen LogP contribution < -0.4 is 0 Å². The van der Waals surface area contributed by atoms with Crippen molar-refractivity contribution in [3.8, 4) is 11.8 Å². The van der Waals surface area contributed by atoms with Crippen molar-refractivity contribution in [1.82, 2.24) is 0 Å². The Kier molecular flexibility index (Phi) is 7.80. The van der Waals surface area contributed by atoms with Gasteiger partial charge in [0.05, 0.1) is 31.5 Å². The van der Waals surface area contributed by atoms with E-state index < -0.39 is 28.2 Å². The third-order valence-electron chi connectivity index (χ3n) is 3.64. The van der Waals surface area contributed by atoms with Crippen molar-refractivity contribution < 1.29 is 31.1 Å². The summed E-state index contributed by atoms with van der Waals surface area (Å²) >= 11 is 0. The Balaban J connectivity index is 2.42. The normalized spacial score (nSPS) is 18.3. The van der Waals surface area contributed by atoms with E-state index in [9.17, 15) is 26.4 Å². The van der Waals surface area contributed by atoms with Gasteiger partial charge in [0.25, 0.3) is 0 Å². The van der Waals surface area contributed by atoms with E-state index in [1.54, 1.807) is 0 Å². The third-order valence-corrected chi connectivity index (χ3v) is 5.44. The number of halogens is 3. The number of allylic oxidation sites excluding steroid dienone is 2. The Morgan fingerprint density at radius 1 is 1.42 bits per heavy atom. The smallest absolute Gasteiger partial charge is 0.390 e. The Morgan fingerprint density at radius 3 is 2.67 bits per heavy atom. The second kappa shape index (κ2) is 9.11. The molecule has 0 spiro atoms. The predicted molar refractivity (Wildman–Crippen MR) is 83.8 cm³/mol. The number of hydrogen-bond acceptors (Lipinski definition) is 4. The van der Waals surface area contributed by atoms with Crippen LogP contribution in [0.1, 0.15) is 38.5 Å². The number of rotatable bonds is 6. The highest BCUT2D eigenvalue weighted by atomic mass is 32.2. The molecule has 136 valence electrons. The van der Waals surface area contributed by atoms with Crippen LogP contribution in [0.2, 0.25) is 0 Å². The fourth-order valence-corrected chi connectivity index (χ4v) is 4.04. The number of sulfone groups is 1. The predicted octanol–water partition coefficient (Wildman–Crippen LogP) is 3.04. The standard InChI is InChI=1S/C16H21F3O4S/c1-23-15(20)5-3-2-4-13-6-8-14(9-7-13)12-24(21,22)11-10-16(17,18)19/h6,14H,3,5,7-12H2,1H3. The Labute approximate surface area is 140 Å². The second-order valence-electron chi connectivity index (χ2n) is 5.73. The summed E-state index contributed by atoms with van der Waals surface area (Å²) in [6.07, 6.45) is -1.63. The molecule has 1 aliphatic carbocycles. The molecule has 1 aliphatic rings. The average Bonchev–Trinajstić information content (AvgIpc) is 2.50. The van der Waals surface area contributed by atoms with Crippen LogP contribution in [0.3, 0.4) is 0 Å². The first kappa shape index (κ1) is 20.6. The molecule has 8 heteroatoms. The highest BCUT2D eigenvalue weighted by Gasteiger charge is 2.31. The fraction of sp³-hybridized carbons (Fsp3) is 0.688. The Morgan fingerprint density at radius 2 is 2.12 bits per heavy atom. The summed E-state index contributed by atoms with van der Waals surface area (Å²) < 4.78 is 64.3. The zero-order chi connectivity index (χ0) is 18.2. The van der Waals surface area contributed by atoms with Crippen molar-refractivity contribution in [3.63, 3.8) is 0 Å². The van der Waals surface area contributed by atoms with E-state index in [2.05, 4.69) is 16.6 Å². The van der Waals surface area contributed by atoms with Gasteiger partial charge in [-0.2, -0.15) is 13.2 Å². The van der Waals surface area contributed by atoms with Gasteiger partial charge in [-0.05, 0) is 30.8 Å². The summed E-state index contributed by atoms with van der Waals surface area (Å²) in [5.74, 6) is 4.23. The molecule has 1 unspecified atom stereocenters. The first-order chi connectivity index (χ1) is 11.1. The number of ether oxygens (including phenoxy) is 1. The van der Waals surface area contributed by atoms with Gasteiger partial charge in [-0.1, -0.05) is 17.9 Å². The van der Waals surface area contributed by atoms with Crippen LogP contribution in [0.25, 0.3) is 0 Å². The number of esters is 1. The molecule has 1 atom stereocenters. The maximum atomic E-state index is 12.1. The van der Waals surface area contributed by atoms with Gasteiger partial charge in [0.15, 0.2) is 9.84 Å². The second-order valence-corrected chi connectivity index (χ2v) is 7.96. The van der Waals surface area contributed by atoms with Crippen molar-refractivity contribution in [1.29, 1.82) is 0 Å². The van der Waals surface area contributed by atoms with Crippen LogP contribution in [0.5, 0.6) is 0 Å². The van der Waals surface area contributed by atoms with Gasteiger partial charge in [-0.15, -0.1) is 0 Å². The van der Waals surface area contributed by atoms with E-state index in [1.807, 2.05) is 6.08 Å². The largest absolute Gasteiger partial charge is 0.469 e. The number of methoxy groups -OCH3 is 1. The van der Waals surface area contributed by atoms with Gasteiger partial charge in [0, 0.05) is 6.42 Å². The van der Waals surface area contributed by atoms with Crippen LogP contribution in [0.4, 0.5) is 13.2 Å². The summed E-state index contributed by atoms with van der Waals surface area (Å²) in [6, 6.07) is 0. The minimum absolute atomic E-state index is 0.163. The average molecular weight is 366 g/mol. The number of alkyl halides is 3. The Bertz CT molecular complexity index is 624. The zero-order valence-corrected chi connectivity index (χ0v) is 14.3. The van der Waals surface area contributed by atoms with Gasteiger partial charge >= 0.3 is 12.1 Å². The van der Waals surface area contributed by atoms with Gasteiger partial charge in [-0.3, -0.25) is 4.79 Å². The van der Waals surface area contributed by atoms with E-state index in [0.717, 1.165) is 5.57 Å². The fourth-order valence-electron chi connectivity index (χ4n) is 2.31. The summed E-state index contributed by atoms with van der Waals surface area (Å²) in [4.78, 5) is 10.9.